The fourth-order valence-corrected chi connectivity index (χ4v) is 1.93. The van der Waals surface area contributed by atoms with Crippen LogP contribution in [-0.2, 0) is 0 Å². The van der Waals surface area contributed by atoms with Gasteiger partial charge in [0.05, 0.1) is 15.8 Å². The Kier molecular flexibility index (Phi) is 5.25. The molecule has 0 spiro atoms. The Morgan fingerprint density at radius 2 is 2.27 bits per heavy atom. The summed E-state index contributed by atoms with van der Waals surface area (Å²) in [5.74, 6) is 0.775. The molecule has 0 aliphatic carbocycles. The molecule has 84 valence electrons. The Hall–Kier alpha value is -0.420. The number of hydrogen-bond acceptors (Lipinski definition) is 3. The third kappa shape index (κ3) is 3.91. The van der Waals surface area contributed by atoms with E-state index < -0.39 is 0 Å². The summed E-state index contributed by atoms with van der Waals surface area (Å²) in [6, 6.07) is 2.99. The lowest BCUT2D eigenvalue weighted by atomic mass is 10.2. The van der Waals surface area contributed by atoms with Gasteiger partial charge in [0.2, 0.25) is 0 Å². The first-order valence-electron chi connectivity index (χ1n) is 4.62. The van der Waals surface area contributed by atoms with Crippen molar-refractivity contribution in [1.29, 1.82) is 0 Å². The zero-order valence-electron chi connectivity index (χ0n) is 8.52. The van der Waals surface area contributed by atoms with Crippen LogP contribution in [-0.4, -0.2) is 18.6 Å². The zero-order chi connectivity index (χ0) is 11.3. The monoisotopic (exact) mass is 292 g/mol. The number of halogens is 2. The lowest BCUT2D eigenvalue weighted by molar-refractivity contribution is 0.622. The highest BCUT2D eigenvalue weighted by molar-refractivity contribution is 9.10. The van der Waals surface area contributed by atoms with Crippen LogP contribution in [0.3, 0.4) is 0 Å². The fourth-order valence-electron chi connectivity index (χ4n) is 1.15. The van der Waals surface area contributed by atoms with Gasteiger partial charge in [-0.05, 0) is 40.4 Å². The minimum Gasteiger partial charge on any atom is -0.397 e. The molecule has 0 heterocycles. The Morgan fingerprint density at radius 3 is 2.93 bits per heavy atom. The van der Waals surface area contributed by atoms with Gasteiger partial charge in [-0.25, -0.2) is 4.39 Å². The standard InChI is InChI=1S/C10H14BrFN2S/c1-15-4-2-3-14-10-5-7(11)8(12)6-9(10)13/h5-6,14H,2-4,13H2,1H3. The van der Waals surface area contributed by atoms with Crippen LogP contribution in [0.2, 0.25) is 0 Å². The number of benzene rings is 1. The summed E-state index contributed by atoms with van der Waals surface area (Å²) in [4.78, 5) is 0. The molecule has 5 heteroatoms. The molecule has 0 fully saturated rings. The molecule has 1 rings (SSSR count). The van der Waals surface area contributed by atoms with Crippen molar-refractivity contribution in [2.24, 2.45) is 0 Å². The predicted molar refractivity (Wildman–Crippen MR) is 70.0 cm³/mol. The number of rotatable bonds is 5. The molecule has 0 aromatic heterocycles. The summed E-state index contributed by atoms with van der Waals surface area (Å²) in [5.41, 5.74) is 6.90. The van der Waals surface area contributed by atoms with E-state index in [4.69, 9.17) is 5.73 Å². The highest BCUT2D eigenvalue weighted by atomic mass is 79.9. The second kappa shape index (κ2) is 6.23. The van der Waals surface area contributed by atoms with Crippen molar-refractivity contribution in [1.82, 2.24) is 0 Å². The van der Waals surface area contributed by atoms with Gasteiger partial charge in [0.25, 0.3) is 0 Å². The van der Waals surface area contributed by atoms with Gasteiger partial charge in [-0.1, -0.05) is 0 Å². The highest BCUT2D eigenvalue weighted by Crippen LogP contribution is 2.26. The van der Waals surface area contributed by atoms with Crippen molar-refractivity contribution in [2.75, 3.05) is 29.6 Å². The molecule has 0 atom stereocenters. The average Bonchev–Trinajstić information content (AvgIpc) is 2.20. The van der Waals surface area contributed by atoms with E-state index in [0.29, 0.717) is 10.2 Å². The maximum absolute atomic E-state index is 13.0. The van der Waals surface area contributed by atoms with Crippen LogP contribution in [0.15, 0.2) is 16.6 Å². The second-order valence-electron chi connectivity index (χ2n) is 3.13. The fraction of sp³-hybridized carbons (Fsp3) is 0.400. The van der Waals surface area contributed by atoms with E-state index >= 15 is 0 Å². The Labute approximate surface area is 102 Å². The molecule has 0 aliphatic rings. The molecule has 2 nitrogen and oxygen atoms in total. The molecular weight excluding hydrogens is 279 g/mol. The molecular formula is C10H14BrFN2S. The van der Waals surface area contributed by atoms with Crippen LogP contribution in [0.1, 0.15) is 6.42 Å². The minimum absolute atomic E-state index is 0.331. The second-order valence-corrected chi connectivity index (χ2v) is 4.97. The Morgan fingerprint density at radius 1 is 1.53 bits per heavy atom. The summed E-state index contributed by atoms with van der Waals surface area (Å²) < 4.78 is 13.5. The SMILES string of the molecule is CSCCCNc1cc(Br)c(F)cc1N. The number of nitrogens with one attached hydrogen (secondary N) is 1. The van der Waals surface area contributed by atoms with Crippen molar-refractivity contribution in [3.05, 3.63) is 22.4 Å². The third-order valence-electron chi connectivity index (χ3n) is 1.93. The predicted octanol–water partition coefficient (Wildman–Crippen LogP) is 3.34. The molecule has 0 saturated carbocycles. The molecule has 3 N–H and O–H groups in total. The van der Waals surface area contributed by atoms with Gasteiger partial charge < -0.3 is 11.1 Å². The van der Waals surface area contributed by atoms with Gasteiger partial charge in [-0.15, -0.1) is 0 Å². The first kappa shape index (κ1) is 12.6. The molecule has 1 aromatic carbocycles. The molecule has 15 heavy (non-hydrogen) atoms. The molecule has 1 aromatic rings. The van der Waals surface area contributed by atoms with Crippen LogP contribution in [0.25, 0.3) is 0 Å². The van der Waals surface area contributed by atoms with Gasteiger partial charge in [0.15, 0.2) is 0 Å². The van der Waals surface area contributed by atoms with E-state index in [1.165, 1.54) is 6.07 Å². The number of thioether (sulfide) groups is 1. The quantitative estimate of drug-likeness (QED) is 0.646. The van der Waals surface area contributed by atoms with Gasteiger partial charge in [-0.2, -0.15) is 11.8 Å². The van der Waals surface area contributed by atoms with E-state index in [9.17, 15) is 4.39 Å². The van der Waals surface area contributed by atoms with Crippen molar-refractivity contribution >= 4 is 39.1 Å². The summed E-state index contributed by atoms with van der Waals surface area (Å²) in [6.45, 7) is 0.850. The van der Waals surface area contributed by atoms with E-state index in [1.54, 1.807) is 17.8 Å². The topological polar surface area (TPSA) is 38.0 Å². The summed E-state index contributed by atoms with van der Waals surface area (Å²) >= 11 is 4.93. The Bertz CT molecular complexity index is 333. The van der Waals surface area contributed by atoms with Crippen LogP contribution in [0.5, 0.6) is 0 Å². The van der Waals surface area contributed by atoms with Crippen molar-refractivity contribution < 1.29 is 4.39 Å². The van der Waals surface area contributed by atoms with E-state index in [1.807, 2.05) is 0 Å². The number of nitrogen functional groups attached to an aromatic ring is 1. The number of nitrogens with two attached hydrogens (primary N) is 1. The lowest BCUT2D eigenvalue weighted by Crippen LogP contribution is -2.05. The normalized spacial score (nSPS) is 10.3. The first-order chi connectivity index (χ1) is 7.15. The van der Waals surface area contributed by atoms with Gasteiger partial charge in [-0.3, -0.25) is 0 Å². The summed E-state index contributed by atoms with van der Waals surface area (Å²) in [5, 5.41) is 3.18. The molecule has 0 radical (unpaired) electrons. The maximum atomic E-state index is 13.0. The van der Waals surface area contributed by atoms with E-state index in [2.05, 4.69) is 27.5 Å². The van der Waals surface area contributed by atoms with Gasteiger partial charge in [0, 0.05) is 12.6 Å². The highest BCUT2D eigenvalue weighted by Gasteiger charge is 2.04. The third-order valence-corrected chi connectivity index (χ3v) is 3.24. The first-order valence-corrected chi connectivity index (χ1v) is 6.81. The lowest BCUT2D eigenvalue weighted by Gasteiger charge is -2.09. The molecule has 0 amide bonds. The molecule has 0 unspecified atom stereocenters. The largest absolute Gasteiger partial charge is 0.397 e. The van der Waals surface area contributed by atoms with Crippen LogP contribution in [0.4, 0.5) is 15.8 Å². The molecule has 0 saturated heterocycles. The van der Waals surface area contributed by atoms with Gasteiger partial charge in [0.1, 0.15) is 5.82 Å². The van der Waals surface area contributed by atoms with E-state index in [-0.39, 0.29) is 5.82 Å². The van der Waals surface area contributed by atoms with Crippen LogP contribution >= 0.6 is 27.7 Å². The maximum Gasteiger partial charge on any atom is 0.139 e. The number of anilines is 2. The van der Waals surface area contributed by atoms with Crippen molar-refractivity contribution in [3.63, 3.8) is 0 Å². The van der Waals surface area contributed by atoms with Crippen LogP contribution in [0, 0.1) is 5.82 Å². The Balaban J connectivity index is 2.57. The average molecular weight is 293 g/mol. The summed E-state index contributed by atoms with van der Waals surface area (Å²) in [6.07, 6.45) is 3.14. The smallest absolute Gasteiger partial charge is 0.139 e. The van der Waals surface area contributed by atoms with Crippen molar-refractivity contribution in [3.8, 4) is 0 Å². The molecule has 0 aliphatic heterocycles. The minimum atomic E-state index is -0.331. The van der Waals surface area contributed by atoms with Crippen molar-refractivity contribution in [2.45, 2.75) is 6.42 Å². The number of hydrogen-bond donors (Lipinski definition) is 2. The van der Waals surface area contributed by atoms with Crippen LogP contribution < -0.4 is 11.1 Å². The summed E-state index contributed by atoms with van der Waals surface area (Å²) in [7, 11) is 0. The van der Waals surface area contributed by atoms with Gasteiger partial charge >= 0.3 is 0 Å². The zero-order valence-corrected chi connectivity index (χ0v) is 10.9. The molecule has 0 bridgehead atoms. The van der Waals surface area contributed by atoms with E-state index in [0.717, 1.165) is 24.4 Å².